The Hall–Kier alpha value is -1.81. The normalized spacial score (nSPS) is 28.1. The standard InChI is InChI=1S/C25H29N2O2/c1-25(2)13-11-16-7-6-9-17(16)23(25)27-14-12-19-18-8-4-5-10-21(18)26-22(19)20(15-27)24(28)29-3/h4-10,20,23,26H,11-15H2,1-3H3. The number of nitrogens with zero attached hydrogens (tertiary/aromatic N) is 1. The van der Waals surface area contributed by atoms with Gasteiger partial charge in [0.1, 0.15) is 5.92 Å². The maximum absolute atomic E-state index is 12.9. The first-order valence-electron chi connectivity index (χ1n) is 10.7. The van der Waals surface area contributed by atoms with Crippen LogP contribution in [0.5, 0.6) is 0 Å². The van der Waals surface area contributed by atoms with Crippen molar-refractivity contribution in [1.82, 2.24) is 9.88 Å². The summed E-state index contributed by atoms with van der Waals surface area (Å²) in [6, 6.07) is 8.69. The Morgan fingerprint density at radius 3 is 2.86 bits per heavy atom. The quantitative estimate of drug-likeness (QED) is 0.781. The van der Waals surface area contributed by atoms with Gasteiger partial charge in [-0.2, -0.15) is 0 Å². The Balaban J connectivity index is 1.54. The summed E-state index contributed by atoms with van der Waals surface area (Å²) >= 11 is 0. The third kappa shape index (κ3) is 3.11. The van der Waals surface area contributed by atoms with Crippen LogP contribution in [0.2, 0.25) is 0 Å². The molecule has 1 aromatic carbocycles. The van der Waals surface area contributed by atoms with Crippen molar-refractivity contribution in [3.8, 4) is 0 Å². The van der Waals surface area contributed by atoms with Crippen molar-refractivity contribution in [1.29, 1.82) is 0 Å². The molecule has 2 atom stereocenters. The minimum Gasteiger partial charge on any atom is -0.468 e. The first kappa shape index (κ1) is 19.2. The molecule has 2 saturated carbocycles. The van der Waals surface area contributed by atoms with Gasteiger partial charge in [0, 0.05) is 41.6 Å². The van der Waals surface area contributed by atoms with Gasteiger partial charge in [0.25, 0.3) is 0 Å². The number of nitrogens with one attached hydrogen (secondary N) is 1. The summed E-state index contributed by atoms with van der Waals surface area (Å²) < 4.78 is 5.25. The first-order chi connectivity index (χ1) is 14.0. The highest BCUT2D eigenvalue weighted by atomic mass is 16.5. The van der Waals surface area contributed by atoms with E-state index in [1.54, 1.807) is 0 Å². The van der Waals surface area contributed by atoms with Crippen molar-refractivity contribution in [2.75, 3.05) is 20.2 Å². The second kappa shape index (κ2) is 7.16. The summed E-state index contributed by atoms with van der Waals surface area (Å²) in [5, 5.41) is 1.23. The van der Waals surface area contributed by atoms with E-state index < -0.39 is 0 Å². The number of rotatable bonds is 2. The van der Waals surface area contributed by atoms with Crippen molar-refractivity contribution in [3.05, 3.63) is 66.6 Å². The van der Waals surface area contributed by atoms with Crippen LogP contribution in [0.3, 0.4) is 0 Å². The van der Waals surface area contributed by atoms with Crippen LogP contribution in [0.25, 0.3) is 10.9 Å². The molecule has 5 rings (SSSR count). The van der Waals surface area contributed by atoms with E-state index >= 15 is 0 Å². The van der Waals surface area contributed by atoms with Gasteiger partial charge in [-0.3, -0.25) is 9.69 Å². The Kier molecular flexibility index (Phi) is 4.73. The molecule has 29 heavy (non-hydrogen) atoms. The van der Waals surface area contributed by atoms with Crippen LogP contribution in [-0.2, 0) is 16.0 Å². The van der Waals surface area contributed by atoms with Crippen LogP contribution in [-0.4, -0.2) is 42.1 Å². The van der Waals surface area contributed by atoms with Gasteiger partial charge >= 0.3 is 5.97 Å². The number of ether oxygens (including phenoxy) is 1. The number of fused-ring (bicyclic) bond motifs is 4. The van der Waals surface area contributed by atoms with Gasteiger partial charge in [-0.15, -0.1) is 0 Å². The van der Waals surface area contributed by atoms with E-state index in [4.69, 9.17) is 4.74 Å². The number of methoxy groups -OCH3 is 1. The molecule has 2 aliphatic carbocycles. The fraction of sp³-hybridized carbons (Fsp3) is 0.440. The average molecular weight is 390 g/mol. The number of carbonyl (C=O) groups is 1. The number of benzene rings is 1. The third-order valence-electron chi connectivity index (χ3n) is 7.13. The molecular weight excluding hydrogens is 360 g/mol. The summed E-state index contributed by atoms with van der Waals surface area (Å²) in [6.07, 6.45) is 9.99. The van der Waals surface area contributed by atoms with E-state index in [1.807, 2.05) is 6.07 Å². The van der Waals surface area contributed by atoms with E-state index in [0.29, 0.717) is 12.6 Å². The van der Waals surface area contributed by atoms with E-state index in [-0.39, 0.29) is 17.3 Å². The van der Waals surface area contributed by atoms with Crippen LogP contribution in [0.15, 0.2) is 24.3 Å². The molecule has 1 aromatic heterocycles. The van der Waals surface area contributed by atoms with E-state index in [9.17, 15) is 4.79 Å². The van der Waals surface area contributed by atoms with Gasteiger partial charge in [-0.1, -0.05) is 32.0 Å². The maximum Gasteiger partial charge on any atom is 0.315 e. The lowest BCUT2D eigenvalue weighted by Crippen LogP contribution is -2.53. The molecule has 3 aliphatic rings. The van der Waals surface area contributed by atoms with E-state index in [0.717, 1.165) is 30.6 Å². The highest BCUT2D eigenvalue weighted by molar-refractivity contribution is 5.88. The van der Waals surface area contributed by atoms with Crippen molar-refractivity contribution < 1.29 is 9.53 Å². The summed E-state index contributed by atoms with van der Waals surface area (Å²) in [5.74, 6) is 2.47. The molecule has 4 heteroatoms. The van der Waals surface area contributed by atoms with Crippen molar-refractivity contribution in [2.24, 2.45) is 5.41 Å². The highest BCUT2D eigenvalue weighted by Gasteiger charge is 2.50. The number of aromatic nitrogens is 1. The Morgan fingerprint density at radius 2 is 2.03 bits per heavy atom. The molecule has 4 nitrogen and oxygen atoms in total. The first-order valence-corrected chi connectivity index (χ1v) is 10.7. The van der Waals surface area contributed by atoms with Crippen molar-refractivity contribution in [2.45, 2.75) is 45.1 Å². The fourth-order valence-corrected chi connectivity index (χ4v) is 5.70. The second-order valence-electron chi connectivity index (χ2n) is 9.28. The minimum absolute atomic E-state index is 0.152. The molecule has 2 aromatic rings. The second-order valence-corrected chi connectivity index (χ2v) is 9.28. The van der Waals surface area contributed by atoms with Gasteiger partial charge in [0.15, 0.2) is 0 Å². The van der Waals surface area contributed by atoms with Gasteiger partial charge in [0.05, 0.1) is 7.11 Å². The molecule has 2 heterocycles. The molecule has 0 bridgehead atoms. The third-order valence-corrected chi connectivity index (χ3v) is 7.13. The SMILES string of the molecule is COC(=O)C1CN(C2[C]3[CH][CH][CH][C]3CCC2(C)C)CCc2c1[nH]c1ccccc21. The number of esters is 1. The van der Waals surface area contributed by atoms with Gasteiger partial charge in [-0.05, 0) is 61.5 Å². The smallest absolute Gasteiger partial charge is 0.315 e. The zero-order valence-corrected chi connectivity index (χ0v) is 17.5. The molecule has 0 spiro atoms. The molecule has 2 fully saturated rings. The predicted octanol–water partition coefficient (Wildman–Crippen LogP) is 4.25. The Bertz CT molecular complexity index is 915. The molecule has 5 radical (unpaired) electrons. The van der Waals surface area contributed by atoms with E-state index in [2.05, 4.69) is 61.2 Å². The van der Waals surface area contributed by atoms with Crippen LogP contribution in [0.1, 0.15) is 43.9 Å². The van der Waals surface area contributed by atoms with Crippen LogP contribution >= 0.6 is 0 Å². The molecule has 151 valence electrons. The lowest BCUT2D eigenvalue weighted by atomic mass is 9.63. The molecule has 2 unspecified atom stereocenters. The summed E-state index contributed by atoms with van der Waals surface area (Å²) in [6.45, 7) is 6.38. The lowest BCUT2D eigenvalue weighted by Gasteiger charge is -2.50. The topological polar surface area (TPSA) is 45.3 Å². The highest BCUT2D eigenvalue weighted by Crippen LogP contribution is 2.53. The summed E-state index contributed by atoms with van der Waals surface area (Å²) in [4.78, 5) is 19.0. The van der Waals surface area contributed by atoms with E-state index in [1.165, 1.54) is 36.3 Å². The predicted molar refractivity (Wildman–Crippen MR) is 115 cm³/mol. The van der Waals surface area contributed by atoms with Gasteiger partial charge < -0.3 is 9.72 Å². The van der Waals surface area contributed by atoms with Gasteiger partial charge in [0.2, 0.25) is 0 Å². The number of para-hydroxylation sites is 1. The Labute approximate surface area is 174 Å². The van der Waals surface area contributed by atoms with Crippen LogP contribution in [0.4, 0.5) is 0 Å². The summed E-state index contributed by atoms with van der Waals surface area (Å²) in [5.41, 5.74) is 3.59. The minimum atomic E-state index is -0.291. The zero-order chi connectivity index (χ0) is 20.2. The largest absolute Gasteiger partial charge is 0.468 e. The van der Waals surface area contributed by atoms with Crippen LogP contribution < -0.4 is 0 Å². The number of carbonyl (C=O) groups excluding carboxylic acids is 1. The number of hydrogen-bond donors (Lipinski definition) is 1. The molecule has 0 amide bonds. The fourth-order valence-electron chi connectivity index (χ4n) is 5.70. The average Bonchev–Trinajstić information content (AvgIpc) is 3.27. The summed E-state index contributed by atoms with van der Waals surface area (Å²) in [7, 11) is 1.50. The van der Waals surface area contributed by atoms with Crippen molar-refractivity contribution in [3.63, 3.8) is 0 Å². The van der Waals surface area contributed by atoms with Gasteiger partial charge in [-0.25, -0.2) is 0 Å². The number of hydrogen-bond acceptors (Lipinski definition) is 3. The number of H-pyrrole nitrogens is 1. The Morgan fingerprint density at radius 1 is 1.21 bits per heavy atom. The van der Waals surface area contributed by atoms with Crippen LogP contribution in [0, 0.1) is 36.5 Å². The maximum atomic E-state index is 12.9. The zero-order valence-electron chi connectivity index (χ0n) is 17.5. The molecule has 0 saturated heterocycles. The lowest BCUT2D eigenvalue weighted by molar-refractivity contribution is -0.143. The molecular formula is C25H29N2O2. The monoisotopic (exact) mass is 389 g/mol. The van der Waals surface area contributed by atoms with Crippen molar-refractivity contribution >= 4 is 16.9 Å². The molecule has 1 N–H and O–H groups in total. The molecule has 1 aliphatic heterocycles. The number of aromatic amines is 1.